The number of benzene rings is 1. The van der Waals surface area contributed by atoms with Gasteiger partial charge in [-0.25, -0.2) is 4.98 Å². The van der Waals surface area contributed by atoms with E-state index in [1.807, 2.05) is 0 Å². The van der Waals surface area contributed by atoms with Gasteiger partial charge in [-0.1, -0.05) is 0 Å². The van der Waals surface area contributed by atoms with Crippen LogP contribution in [0.1, 0.15) is 11.5 Å². The summed E-state index contributed by atoms with van der Waals surface area (Å²) in [6, 6.07) is 7.55. The molecule has 1 aromatic carbocycles. The van der Waals surface area contributed by atoms with E-state index in [-0.39, 0.29) is 11.4 Å². The van der Waals surface area contributed by atoms with Crippen LogP contribution in [0.2, 0.25) is 0 Å². The fraction of sp³-hybridized carbons (Fsp3) is 0.133. The first-order valence-corrected chi connectivity index (χ1v) is 7.98. The van der Waals surface area contributed by atoms with Crippen LogP contribution in [-0.4, -0.2) is 14.1 Å². The van der Waals surface area contributed by atoms with Gasteiger partial charge in [0.05, 0.1) is 38.3 Å². The Hall–Kier alpha value is -2.74. The molecule has 0 N–H and O–H groups in total. The van der Waals surface area contributed by atoms with E-state index in [9.17, 15) is 14.3 Å². The van der Waals surface area contributed by atoms with Gasteiger partial charge in [0, 0.05) is 17.7 Å². The Balaban J connectivity index is 1.76. The summed E-state index contributed by atoms with van der Waals surface area (Å²) in [5, 5.41) is 10.6. The van der Waals surface area contributed by atoms with Crippen LogP contribution in [-0.2, 0) is 16.6 Å². The molecule has 0 aliphatic carbocycles. The topological polar surface area (TPSA) is 99.4 Å². The molecule has 3 aromatic rings. The van der Waals surface area contributed by atoms with E-state index in [0.717, 1.165) is 0 Å². The third-order valence-corrected chi connectivity index (χ3v) is 4.68. The lowest BCUT2D eigenvalue weighted by molar-refractivity contribution is -0.384. The first kappa shape index (κ1) is 15.2. The Labute approximate surface area is 133 Å². The molecule has 0 aliphatic heterocycles. The Morgan fingerprint density at radius 1 is 1.22 bits per heavy atom. The van der Waals surface area contributed by atoms with E-state index in [1.54, 1.807) is 25.1 Å². The van der Waals surface area contributed by atoms with Gasteiger partial charge in [-0.15, -0.1) is 0 Å². The van der Waals surface area contributed by atoms with Crippen LogP contribution in [0.5, 0.6) is 0 Å². The molecule has 0 saturated heterocycles. The molecule has 0 amide bonds. The van der Waals surface area contributed by atoms with E-state index in [0.29, 0.717) is 27.8 Å². The van der Waals surface area contributed by atoms with Gasteiger partial charge < -0.3 is 8.83 Å². The molecule has 1 unspecified atom stereocenters. The minimum atomic E-state index is -1.27. The quantitative estimate of drug-likeness (QED) is 0.524. The summed E-state index contributed by atoms with van der Waals surface area (Å²) >= 11 is 0. The van der Waals surface area contributed by atoms with Crippen molar-refractivity contribution in [2.45, 2.75) is 17.6 Å². The Morgan fingerprint density at radius 3 is 2.57 bits per heavy atom. The van der Waals surface area contributed by atoms with Crippen molar-refractivity contribution in [2.75, 3.05) is 0 Å². The predicted molar refractivity (Wildman–Crippen MR) is 82.2 cm³/mol. The van der Waals surface area contributed by atoms with Crippen molar-refractivity contribution in [3.05, 3.63) is 64.4 Å². The number of furan rings is 1. The number of nitro benzene ring substituents is 1. The van der Waals surface area contributed by atoms with E-state index < -0.39 is 15.7 Å². The Kier molecular flexibility index (Phi) is 4.07. The molecule has 2 aromatic heterocycles. The second-order valence-corrected chi connectivity index (χ2v) is 6.20. The number of aromatic nitrogens is 1. The highest BCUT2D eigenvalue weighted by molar-refractivity contribution is 7.84. The van der Waals surface area contributed by atoms with E-state index in [1.165, 1.54) is 24.7 Å². The molecule has 0 fully saturated rings. The second kappa shape index (κ2) is 6.17. The summed E-state index contributed by atoms with van der Waals surface area (Å²) < 4.78 is 22.8. The van der Waals surface area contributed by atoms with Crippen LogP contribution in [0.3, 0.4) is 0 Å². The molecule has 0 radical (unpaired) electrons. The molecule has 23 heavy (non-hydrogen) atoms. The molecule has 1 atom stereocenters. The van der Waals surface area contributed by atoms with Crippen LogP contribution in [0.15, 0.2) is 56.6 Å². The summed E-state index contributed by atoms with van der Waals surface area (Å²) in [4.78, 5) is 15.1. The number of nitro groups is 1. The Bertz CT molecular complexity index is 866. The fourth-order valence-electron chi connectivity index (χ4n) is 2.05. The van der Waals surface area contributed by atoms with Crippen LogP contribution in [0.4, 0.5) is 5.69 Å². The fourth-order valence-corrected chi connectivity index (χ4v) is 3.19. The lowest BCUT2D eigenvalue weighted by Gasteiger charge is -1.97. The number of rotatable bonds is 5. The smallest absolute Gasteiger partial charge is 0.269 e. The average molecular weight is 332 g/mol. The van der Waals surface area contributed by atoms with Crippen molar-refractivity contribution in [3.63, 3.8) is 0 Å². The van der Waals surface area contributed by atoms with Gasteiger partial charge >= 0.3 is 0 Å². The summed E-state index contributed by atoms with van der Waals surface area (Å²) in [6.07, 6.45) is 2.93. The molecular formula is C15H12N2O5S. The molecule has 7 nitrogen and oxygen atoms in total. The van der Waals surface area contributed by atoms with E-state index in [2.05, 4.69) is 4.98 Å². The zero-order valence-electron chi connectivity index (χ0n) is 12.1. The molecule has 118 valence electrons. The number of hydrogen-bond donors (Lipinski definition) is 0. The minimum Gasteiger partial charge on any atom is -0.468 e. The molecule has 2 heterocycles. The first-order chi connectivity index (χ1) is 11.0. The van der Waals surface area contributed by atoms with E-state index >= 15 is 0 Å². The Morgan fingerprint density at radius 2 is 1.96 bits per heavy atom. The summed E-state index contributed by atoms with van der Waals surface area (Å²) in [7, 11) is -1.27. The molecule has 0 aliphatic rings. The summed E-state index contributed by atoms with van der Waals surface area (Å²) in [5.41, 5.74) is 1.15. The maximum atomic E-state index is 12.3. The molecular weight excluding hydrogens is 320 g/mol. The lowest BCUT2D eigenvalue weighted by Crippen LogP contribution is -1.97. The van der Waals surface area contributed by atoms with Gasteiger partial charge in [0.1, 0.15) is 12.0 Å². The second-order valence-electron chi connectivity index (χ2n) is 4.78. The molecule has 8 heteroatoms. The number of oxazole rings is 1. The van der Waals surface area contributed by atoms with Crippen molar-refractivity contribution in [1.82, 2.24) is 4.98 Å². The highest BCUT2D eigenvalue weighted by Crippen LogP contribution is 2.23. The van der Waals surface area contributed by atoms with Crippen molar-refractivity contribution >= 4 is 16.5 Å². The van der Waals surface area contributed by atoms with Crippen molar-refractivity contribution in [1.29, 1.82) is 0 Å². The van der Waals surface area contributed by atoms with E-state index in [4.69, 9.17) is 8.83 Å². The molecule has 0 saturated carbocycles. The van der Waals surface area contributed by atoms with Gasteiger partial charge in [0.25, 0.3) is 5.69 Å². The third-order valence-electron chi connectivity index (χ3n) is 3.21. The normalized spacial score (nSPS) is 12.2. The van der Waals surface area contributed by atoms with Crippen molar-refractivity contribution in [3.8, 4) is 11.5 Å². The minimum absolute atomic E-state index is 0.00272. The zero-order chi connectivity index (χ0) is 16.4. The third kappa shape index (κ3) is 3.21. The highest BCUT2D eigenvalue weighted by Gasteiger charge is 2.14. The first-order valence-electron chi connectivity index (χ1n) is 6.66. The zero-order valence-corrected chi connectivity index (χ0v) is 12.9. The maximum absolute atomic E-state index is 12.3. The average Bonchev–Trinajstić information content (AvgIpc) is 3.16. The number of non-ortho nitro benzene ring substituents is 1. The number of aryl methyl sites for hydroxylation is 1. The van der Waals surface area contributed by atoms with Crippen molar-refractivity contribution in [2.24, 2.45) is 0 Å². The largest absolute Gasteiger partial charge is 0.468 e. The number of nitrogens with zero attached hydrogens (tertiary/aromatic N) is 2. The van der Waals surface area contributed by atoms with Crippen LogP contribution in [0.25, 0.3) is 11.5 Å². The number of hydrogen-bond acceptors (Lipinski definition) is 6. The SMILES string of the molecule is Cc1occc1S(=O)Cc1coc(-c2ccc([N+](=O)[O-])cc2)n1. The van der Waals surface area contributed by atoms with Gasteiger partial charge in [-0.2, -0.15) is 0 Å². The summed E-state index contributed by atoms with van der Waals surface area (Å²) in [6.45, 7) is 1.75. The van der Waals surface area contributed by atoms with Gasteiger partial charge in [0.15, 0.2) is 0 Å². The van der Waals surface area contributed by atoms with Crippen LogP contribution < -0.4 is 0 Å². The highest BCUT2D eigenvalue weighted by atomic mass is 32.2. The molecule has 0 bridgehead atoms. The van der Waals surface area contributed by atoms with Gasteiger partial charge in [0.2, 0.25) is 5.89 Å². The standard InChI is InChI=1S/C15H12N2O5S/c1-10-14(6-7-21-10)23(20)9-12-8-22-15(16-12)11-2-4-13(5-3-11)17(18)19/h2-8H,9H2,1H3. The van der Waals surface area contributed by atoms with Crippen LogP contribution in [0, 0.1) is 17.0 Å². The molecule has 3 rings (SSSR count). The van der Waals surface area contributed by atoms with Gasteiger partial charge in [-0.3, -0.25) is 14.3 Å². The monoisotopic (exact) mass is 332 g/mol. The van der Waals surface area contributed by atoms with Gasteiger partial charge in [-0.05, 0) is 25.1 Å². The molecule has 0 spiro atoms. The predicted octanol–water partition coefficient (Wildman–Crippen LogP) is 3.46. The lowest BCUT2D eigenvalue weighted by atomic mass is 10.2. The van der Waals surface area contributed by atoms with Crippen molar-refractivity contribution < 1.29 is 18.0 Å². The maximum Gasteiger partial charge on any atom is 0.269 e. The van der Waals surface area contributed by atoms with Crippen LogP contribution >= 0.6 is 0 Å². The summed E-state index contributed by atoms with van der Waals surface area (Å²) in [5.74, 6) is 1.15.